The van der Waals surface area contributed by atoms with Gasteiger partial charge in [0.25, 0.3) is 0 Å². The van der Waals surface area contributed by atoms with Gasteiger partial charge in [-0.3, -0.25) is 4.90 Å². The number of nitrogens with two attached hydrogens (primary N) is 1. The molecule has 7 nitrogen and oxygen atoms in total. The molecule has 6 rings (SSSR count). The molecule has 0 unspecified atom stereocenters. The summed E-state index contributed by atoms with van der Waals surface area (Å²) in [6.07, 6.45) is 8.45. The minimum Gasteiger partial charge on any atom is -0.456 e. The fourth-order valence-corrected chi connectivity index (χ4v) is 6.08. The Bertz CT molecular complexity index is 1370. The predicted octanol–water partition coefficient (Wildman–Crippen LogP) is 5.86. The molecule has 2 aromatic heterocycles. The van der Waals surface area contributed by atoms with Crippen LogP contribution >= 0.6 is 11.6 Å². The van der Waals surface area contributed by atoms with Crippen LogP contribution in [0.25, 0.3) is 22.2 Å². The summed E-state index contributed by atoms with van der Waals surface area (Å²) < 4.78 is 8.31. The highest BCUT2D eigenvalue weighted by atomic mass is 35.5. The van der Waals surface area contributed by atoms with Crippen LogP contribution in [-0.4, -0.2) is 63.6 Å². The molecule has 2 aliphatic rings. The zero-order valence-electron chi connectivity index (χ0n) is 21.2. The zero-order chi connectivity index (χ0) is 25.4. The summed E-state index contributed by atoms with van der Waals surface area (Å²) in [4.78, 5) is 14.1. The molecule has 0 atom stereocenters. The van der Waals surface area contributed by atoms with Crippen LogP contribution in [0.4, 0.5) is 5.82 Å². The van der Waals surface area contributed by atoms with E-state index in [4.69, 9.17) is 22.1 Å². The van der Waals surface area contributed by atoms with E-state index in [0.29, 0.717) is 28.7 Å². The molecule has 0 radical (unpaired) electrons. The number of halogens is 1. The van der Waals surface area contributed by atoms with E-state index in [1.165, 1.54) is 39.0 Å². The molecule has 1 saturated heterocycles. The lowest BCUT2D eigenvalue weighted by atomic mass is 9.89. The number of hydrogen-bond donors (Lipinski definition) is 1. The monoisotopic (exact) mass is 516 g/mol. The molecule has 37 heavy (non-hydrogen) atoms. The SMILES string of the molecule is CN1CCN([C@H]2CC[C@H](n3cc(-c4ccc(Oc5ccccc5)c(Cl)c4)c4c(N)ncnc43)CC2)CC1. The minimum absolute atomic E-state index is 0.394. The molecule has 2 aromatic carbocycles. The number of hydrogen-bond acceptors (Lipinski definition) is 6. The van der Waals surface area contributed by atoms with Crippen molar-refractivity contribution in [2.75, 3.05) is 39.0 Å². The number of piperazine rings is 1. The molecule has 0 bridgehead atoms. The van der Waals surface area contributed by atoms with Gasteiger partial charge in [0.15, 0.2) is 0 Å². The lowest BCUT2D eigenvalue weighted by molar-refractivity contribution is 0.0828. The van der Waals surface area contributed by atoms with E-state index in [1.54, 1.807) is 6.33 Å². The first-order valence-electron chi connectivity index (χ1n) is 13.1. The van der Waals surface area contributed by atoms with Crippen molar-refractivity contribution < 1.29 is 4.74 Å². The van der Waals surface area contributed by atoms with Crippen molar-refractivity contribution in [3.8, 4) is 22.6 Å². The largest absolute Gasteiger partial charge is 0.456 e. The Morgan fingerprint density at radius 1 is 0.919 bits per heavy atom. The van der Waals surface area contributed by atoms with Crippen LogP contribution in [0.2, 0.25) is 5.02 Å². The van der Waals surface area contributed by atoms with Crippen LogP contribution in [0.3, 0.4) is 0 Å². The maximum Gasteiger partial charge on any atom is 0.146 e. The smallest absolute Gasteiger partial charge is 0.146 e. The molecule has 2 fully saturated rings. The molecule has 1 aliphatic heterocycles. The highest BCUT2D eigenvalue weighted by Gasteiger charge is 2.30. The molecule has 4 aromatic rings. The second-order valence-electron chi connectivity index (χ2n) is 10.3. The number of rotatable bonds is 5. The highest BCUT2D eigenvalue weighted by molar-refractivity contribution is 6.32. The lowest BCUT2D eigenvalue weighted by Crippen LogP contribution is -2.49. The average Bonchev–Trinajstić information content (AvgIpc) is 3.32. The van der Waals surface area contributed by atoms with E-state index in [1.807, 2.05) is 48.5 Å². The quantitative estimate of drug-likeness (QED) is 0.358. The van der Waals surface area contributed by atoms with Crippen molar-refractivity contribution in [3.63, 3.8) is 0 Å². The number of aromatic nitrogens is 3. The van der Waals surface area contributed by atoms with Gasteiger partial charge in [-0.15, -0.1) is 0 Å². The summed E-state index contributed by atoms with van der Waals surface area (Å²) in [6, 6.07) is 16.6. The Hall–Kier alpha value is -3.13. The van der Waals surface area contributed by atoms with Gasteiger partial charge in [-0.1, -0.05) is 35.9 Å². The van der Waals surface area contributed by atoms with E-state index in [0.717, 1.165) is 40.8 Å². The summed E-state index contributed by atoms with van der Waals surface area (Å²) in [7, 11) is 2.22. The number of anilines is 1. The summed E-state index contributed by atoms with van der Waals surface area (Å²) in [5.74, 6) is 1.86. The third kappa shape index (κ3) is 4.91. The number of nitrogen functional groups attached to an aromatic ring is 1. The van der Waals surface area contributed by atoms with Gasteiger partial charge < -0.3 is 19.9 Å². The van der Waals surface area contributed by atoms with Crippen molar-refractivity contribution in [3.05, 3.63) is 66.1 Å². The average molecular weight is 517 g/mol. The number of likely N-dealkylation sites (N-methyl/N-ethyl adjacent to an activating group) is 1. The Balaban J connectivity index is 1.26. The van der Waals surface area contributed by atoms with Crippen molar-refractivity contribution in [2.45, 2.75) is 37.8 Å². The normalized spacial score (nSPS) is 21.4. The summed E-state index contributed by atoms with van der Waals surface area (Å²) in [6.45, 7) is 4.69. The topological polar surface area (TPSA) is 72.4 Å². The fourth-order valence-electron chi connectivity index (χ4n) is 5.86. The van der Waals surface area contributed by atoms with Gasteiger partial charge in [-0.25, -0.2) is 9.97 Å². The predicted molar refractivity (Wildman–Crippen MR) is 149 cm³/mol. The maximum absolute atomic E-state index is 6.67. The van der Waals surface area contributed by atoms with Crippen LogP contribution in [0.1, 0.15) is 31.7 Å². The van der Waals surface area contributed by atoms with Gasteiger partial charge in [-0.05, 0) is 62.6 Å². The first kappa shape index (κ1) is 24.2. The van der Waals surface area contributed by atoms with Crippen molar-refractivity contribution in [1.82, 2.24) is 24.3 Å². The van der Waals surface area contributed by atoms with Gasteiger partial charge in [0.1, 0.15) is 29.3 Å². The molecular weight excluding hydrogens is 484 g/mol. The van der Waals surface area contributed by atoms with Crippen LogP contribution < -0.4 is 10.5 Å². The summed E-state index contributed by atoms with van der Waals surface area (Å²) in [5.41, 5.74) is 9.28. The van der Waals surface area contributed by atoms with E-state index in [2.05, 4.69) is 37.6 Å². The third-order valence-electron chi connectivity index (χ3n) is 7.97. The Kier molecular flexibility index (Phi) is 6.76. The second kappa shape index (κ2) is 10.3. The molecule has 0 spiro atoms. The minimum atomic E-state index is 0.394. The van der Waals surface area contributed by atoms with Crippen molar-refractivity contribution in [1.29, 1.82) is 0 Å². The van der Waals surface area contributed by atoms with Gasteiger partial charge in [0.2, 0.25) is 0 Å². The van der Waals surface area contributed by atoms with Gasteiger partial charge in [0, 0.05) is 50.0 Å². The van der Waals surface area contributed by atoms with E-state index in [-0.39, 0.29) is 0 Å². The number of ether oxygens (including phenoxy) is 1. The van der Waals surface area contributed by atoms with Crippen molar-refractivity contribution >= 4 is 28.5 Å². The fraction of sp³-hybridized carbons (Fsp3) is 0.379. The maximum atomic E-state index is 6.67. The molecule has 2 N–H and O–H groups in total. The standard InChI is InChI=1S/C29H33ClN6O/c1-34-13-15-35(16-14-34)21-8-10-22(11-9-21)36-18-24(27-28(31)32-19-33-29(27)36)20-7-12-26(25(30)17-20)37-23-5-3-2-4-6-23/h2-7,12,17-19,21-22H,8-11,13-16H2,1H3,(H2,31,32,33)/t21-,22-. The van der Waals surface area contributed by atoms with E-state index >= 15 is 0 Å². The van der Waals surface area contributed by atoms with Crippen LogP contribution in [0, 0.1) is 0 Å². The lowest BCUT2D eigenvalue weighted by Gasteiger charge is -2.41. The van der Waals surface area contributed by atoms with Crippen LogP contribution in [-0.2, 0) is 0 Å². The number of para-hydroxylation sites is 1. The molecule has 192 valence electrons. The van der Waals surface area contributed by atoms with E-state index < -0.39 is 0 Å². The molecule has 3 heterocycles. The van der Waals surface area contributed by atoms with Crippen molar-refractivity contribution in [2.24, 2.45) is 0 Å². The van der Waals surface area contributed by atoms with Crippen LogP contribution in [0.15, 0.2) is 61.1 Å². The first-order chi connectivity index (χ1) is 18.1. The van der Waals surface area contributed by atoms with Crippen LogP contribution in [0.5, 0.6) is 11.5 Å². The Morgan fingerprint density at radius 2 is 1.65 bits per heavy atom. The number of benzene rings is 2. The molecule has 8 heteroatoms. The second-order valence-corrected chi connectivity index (χ2v) is 10.7. The molecule has 1 saturated carbocycles. The Labute approximate surface area is 222 Å². The molecule has 1 aliphatic carbocycles. The molecule has 0 amide bonds. The van der Waals surface area contributed by atoms with Gasteiger partial charge in [-0.2, -0.15) is 0 Å². The summed E-state index contributed by atoms with van der Waals surface area (Å²) in [5, 5.41) is 1.43. The number of fused-ring (bicyclic) bond motifs is 1. The molecular formula is C29H33ClN6O. The first-order valence-corrected chi connectivity index (χ1v) is 13.5. The Morgan fingerprint density at radius 3 is 2.38 bits per heavy atom. The van der Waals surface area contributed by atoms with Gasteiger partial charge in [0.05, 0.1) is 10.4 Å². The summed E-state index contributed by atoms with van der Waals surface area (Å²) >= 11 is 6.67. The zero-order valence-corrected chi connectivity index (χ0v) is 21.9. The number of nitrogens with zero attached hydrogens (tertiary/aromatic N) is 5. The van der Waals surface area contributed by atoms with Gasteiger partial charge >= 0.3 is 0 Å². The highest BCUT2D eigenvalue weighted by Crippen LogP contribution is 2.41. The van der Waals surface area contributed by atoms with E-state index in [9.17, 15) is 0 Å². The third-order valence-corrected chi connectivity index (χ3v) is 8.26.